The molecule has 0 heterocycles. The highest BCUT2D eigenvalue weighted by Gasteiger charge is 2.46. The second-order valence-electron chi connectivity index (χ2n) is 8.15. The number of carbonyl (C=O) groups excluding carboxylic acids is 1. The third-order valence-corrected chi connectivity index (χ3v) is 6.01. The van der Waals surface area contributed by atoms with Gasteiger partial charge in [0.15, 0.2) is 0 Å². The zero-order valence-electron chi connectivity index (χ0n) is 16.9. The maximum Gasteiger partial charge on any atom is 0.416 e. The number of allylic oxidation sites excluding steroid dienone is 4. The van der Waals surface area contributed by atoms with Crippen molar-refractivity contribution in [1.29, 1.82) is 0 Å². The fraction of sp³-hybridized carbons (Fsp3) is 0.478. The number of hydrogen-bond acceptors (Lipinski definition) is 3. The van der Waals surface area contributed by atoms with E-state index in [1.165, 1.54) is 12.1 Å². The SMILES string of the molecule is O=C(O)CCCC=CC1C2C=CC(C2)C1C(=O)NCC(O)c1cccc(C(F)(F)F)c1. The Morgan fingerprint density at radius 3 is 2.68 bits per heavy atom. The maximum atomic E-state index is 12.9. The summed E-state index contributed by atoms with van der Waals surface area (Å²) >= 11 is 0. The third kappa shape index (κ3) is 5.76. The van der Waals surface area contributed by atoms with Gasteiger partial charge in [0.1, 0.15) is 0 Å². The molecule has 8 heteroatoms. The molecular weight excluding hydrogens is 411 g/mol. The Kier molecular flexibility index (Phi) is 7.20. The van der Waals surface area contributed by atoms with Crippen molar-refractivity contribution in [1.82, 2.24) is 5.32 Å². The summed E-state index contributed by atoms with van der Waals surface area (Å²) in [6.07, 6.45) is 4.36. The number of hydrogen-bond donors (Lipinski definition) is 3. The van der Waals surface area contributed by atoms with E-state index in [1.807, 2.05) is 18.2 Å². The van der Waals surface area contributed by atoms with E-state index in [0.29, 0.717) is 12.8 Å². The summed E-state index contributed by atoms with van der Waals surface area (Å²) in [5, 5.41) is 21.7. The smallest absolute Gasteiger partial charge is 0.416 e. The number of carboxylic acid groups (broad SMARTS) is 1. The predicted molar refractivity (Wildman–Crippen MR) is 108 cm³/mol. The molecule has 5 unspecified atom stereocenters. The molecule has 0 aromatic heterocycles. The van der Waals surface area contributed by atoms with Crippen LogP contribution in [0.5, 0.6) is 0 Å². The molecule has 0 aliphatic heterocycles. The van der Waals surface area contributed by atoms with Gasteiger partial charge in [0, 0.05) is 13.0 Å². The average Bonchev–Trinajstić information content (AvgIpc) is 3.32. The summed E-state index contributed by atoms with van der Waals surface area (Å²) in [4.78, 5) is 23.4. The second kappa shape index (κ2) is 9.68. The largest absolute Gasteiger partial charge is 0.481 e. The minimum atomic E-state index is -4.50. The zero-order chi connectivity index (χ0) is 22.6. The molecule has 3 N–H and O–H groups in total. The van der Waals surface area contributed by atoms with Gasteiger partial charge in [-0.25, -0.2) is 0 Å². The van der Waals surface area contributed by atoms with Crippen molar-refractivity contribution in [2.75, 3.05) is 6.54 Å². The van der Waals surface area contributed by atoms with Crippen LogP contribution in [-0.2, 0) is 15.8 Å². The lowest BCUT2D eigenvalue weighted by Gasteiger charge is -2.25. The van der Waals surface area contributed by atoms with Crippen LogP contribution in [0.15, 0.2) is 48.6 Å². The number of unbranched alkanes of at least 4 members (excludes halogenated alkanes) is 1. The molecule has 1 aromatic carbocycles. The van der Waals surface area contributed by atoms with Crippen LogP contribution in [0, 0.1) is 23.7 Å². The summed E-state index contributed by atoms with van der Waals surface area (Å²) in [7, 11) is 0. The van der Waals surface area contributed by atoms with Crippen LogP contribution in [0.3, 0.4) is 0 Å². The number of nitrogens with one attached hydrogen (secondary N) is 1. The highest BCUT2D eigenvalue weighted by Crippen LogP contribution is 2.48. The molecule has 5 nitrogen and oxygen atoms in total. The molecule has 1 fully saturated rings. The van der Waals surface area contributed by atoms with Crippen molar-refractivity contribution in [2.45, 2.75) is 38.0 Å². The van der Waals surface area contributed by atoms with Crippen LogP contribution in [-0.4, -0.2) is 28.6 Å². The molecule has 31 heavy (non-hydrogen) atoms. The van der Waals surface area contributed by atoms with Crippen molar-refractivity contribution in [3.63, 3.8) is 0 Å². The zero-order valence-corrected chi connectivity index (χ0v) is 16.9. The summed E-state index contributed by atoms with van der Waals surface area (Å²) in [5.74, 6) is -1.06. The molecule has 1 saturated carbocycles. The molecule has 3 rings (SSSR count). The number of amides is 1. The van der Waals surface area contributed by atoms with E-state index in [-0.39, 0.29) is 48.1 Å². The molecule has 1 aromatic rings. The minimum Gasteiger partial charge on any atom is -0.481 e. The van der Waals surface area contributed by atoms with Gasteiger partial charge < -0.3 is 15.5 Å². The summed E-state index contributed by atoms with van der Waals surface area (Å²) < 4.78 is 38.6. The fourth-order valence-electron chi connectivity index (χ4n) is 4.47. The molecule has 0 spiro atoms. The lowest BCUT2D eigenvalue weighted by atomic mass is 9.82. The van der Waals surface area contributed by atoms with Crippen molar-refractivity contribution >= 4 is 11.9 Å². The lowest BCUT2D eigenvalue weighted by molar-refractivity contribution is -0.138. The van der Waals surface area contributed by atoms with Gasteiger partial charge in [-0.3, -0.25) is 9.59 Å². The number of fused-ring (bicyclic) bond motifs is 2. The van der Waals surface area contributed by atoms with Gasteiger partial charge in [0.05, 0.1) is 17.6 Å². The Labute approximate surface area is 178 Å². The van der Waals surface area contributed by atoms with E-state index >= 15 is 0 Å². The van der Waals surface area contributed by atoms with Crippen LogP contribution < -0.4 is 5.32 Å². The molecule has 5 atom stereocenters. The first kappa shape index (κ1) is 23.1. The highest BCUT2D eigenvalue weighted by molar-refractivity contribution is 5.80. The van der Waals surface area contributed by atoms with E-state index in [4.69, 9.17) is 5.11 Å². The number of alkyl halides is 3. The van der Waals surface area contributed by atoms with Crippen LogP contribution in [0.1, 0.15) is 42.9 Å². The van der Waals surface area contributed by atoms with Crippen LogP contribution in [0.4, 0.5) is 13.2 Å². The van der Waals surface area contributed by atoms with E-state index in [9.17, 15) is 27.9 Å². The molecule has 0 radical (unpaired) electrons. The number of carbonyl (C=O) groups is 2. The predicted octanol–water partition coefficient (Wildman–Crippen LogP) is 4.10. The van der Waals surface area contributed by atoms with Gasteiger partial charge in [-0.2, -0.15) is 13.2 Å². The first-order chi connectivity index (χ1) is 14.7. The summed E-state index contributed by atoms with van der Waals surface area (Å²) in [6.45, 7) is -0.174. The molecule has 1 amide bonds. The van der Waals surface area contributed by atoms with Gasteiger partial charge >= 0.3 is 12.1 Å². The monoisotopic (exact) mass is 437 g/mol. The molecule has 2 bridgehead atoms. The maximum absolute atomic E-state index is 12.9. The molecule has 168 valence electrons. The van der Waals surface area contributed by atoms with Crippen molar-refractivity contribution in [2.24, 2.45) is 23.7 Å². The van der Waals surface area contributed by atoms with Gasteiger partial charge in [-0.05, 0) is 54.7 Å². The van der Waals surface area contributed by atoms with Crippen molar-refractivity contribution in [3.05, 3.63) is 59.7 Å². The number of aliphatic hydroxyl groups is 1. The first-order valence-corrected chi connectivity index (χ1v) is 10.4. The highest BCUT2D eigenvalue weighted by atomic mass is 19.4. The van der Waals surface area contributed by atoms with Gasteiger partial charge in [-0.1, -0.05) is 36.4 Å². The number of aliphatic hydroxyl groups excluding tert-OH is 1. The standard InChI is InChI=1S/C23H26F3NO4/c24-23(25,26)17-6-4-5-15(12-17)19(28)13-27-22(31)21-16-10-9-14(11-16)18(21)7-2-1-3-8-20(29)30/h2,4-7,9-10,12,14,16,18-19,21,28H,1,3,8,11,13H2,(H,27,31)(H,29,30). The normalized spacial score (nSPS) is 25.8. The lowest BCUT2D eigenvalue weighted by Crippen LogP contribution is -2.38. The Bertz CT molecular complexity index is 865. The quantitative estimate of drug-likeness (QED) is 0.401. The van der Waals surface area contributed by atoms with Crippen LogP contribution in [0.2, 0.25) is 0 Å². The van der Waals surface area contributed by atoms with Gasteiger partial charge in [-0.15, -0.1) is 0 Å². The topological polar surface area (TPSA) is 86.6 Å². The number of rotatable bonds is 9. The van der Waals surface area contributed by atoms with Crippen LogP contribution in [0.25, 0.3) is 0 Å². The molecule has 2 aliphatic rings. The van der Waals surface area contributed by atoms with Gasteiger partial charge in [0.25, 0.3) is 0 Å². The Balaban J connectivity index is 1.58. The van der Waals surface area contributed by atoms with E-state index < -0.39 is 23.8 Å². The second-order valence-corrected chi connectivity index (χ2v) is 8.15. The molecule has 0 saturated heterocycles. The number of halogens is 3. The Hall–Kier alpha value is -2.61. The average molecular weight is 437 g/mol. The minimum absolute atomic E-state index is 0.00877. The Morgan fingerprint density at radius 2 is 1.97 bits per heavy atom. The first-order valence-electron chi connectivity index (χ1n) is 10.4. The molecular formula is C23H26F3NO4. The number of carboxylic acids is 1. The third-order valence-electron chi connectivity index (χ3n) is 6.01. The van der Waals surface area contributed by atoms with E-state index in [2.05, 4.69) is 11.4 Å². The van der Waals surface area contributed by atoms with E-state index in [0.717, 1.165) is 18.6 Å². The fourth-order valence-corrected chi connectivity index (χ4v) is 4.47. The molecule has 2 aliphatic carbocycles. The van der Waals surface area contributed by atoms with Crippen molar-refractivity contribution < 1.29 is 33.0 Å². The summed E-state index contributed by atoms with van der Waals surface area (Å²) in [6, 6.07) is 4.45. The summed E-state index contributed by atoms with van der Waals surface area (Å²) in [5.41, 5.74) is -0.750. The Morgan fingerprint density at radius 1 is 1.23 bits per heavy atom. The number of benzene rings is 1. The van der Waals surface area contributed by atoms with Gasteiger partial charge in [0.2, 0.25) is 5.91 Å². The van der Waals surface area contributed by atoms with E-state index in [1.54, 1.807) is 0 Å². The van der Waals surface area contributed by atoms with Crippen molar-refractivity contribution in [3.8, 4) is 0 Å². The van der Waals surface area contributed by atoms with Crippen LogP contribution >= 0.6 is 0 Å². The number of aliphatic carboxylic acids is 1.